The van der Waals surface area contributed by atoms with Crippen molar-refractivity contribution in [3.8, 4) is 11.1 Å². The number of carbonyl (C=O) groups is 1. The average molecular weight is 456 g/mol. The zero-order valence-corrected chi connectivity index (χ0v) is 20.0. The van der Waals surface area contributed by atoms with E-state index in [0.717, 1.165) is 37.2 Å². The quantitative estimate of drug-likeness (QED) is 0.551. The number of nitrogens with zero attached hydrogens (tertiary/aromatic N) is 2. The third-order valence-corrected chi connectivity index (χ3v) is 7.13. The lowest BCUT2D eigenvalue weighted by atomic mass is 9.98. The maximum absolute atomic E-state index is 13.5. The van der Waals surface area contributed by atoms with Crippen LogP contribution in [0.1, 0.15) is 35.4 Å². The molecule has 1 heterocycles. The van der Waals surface area contributed by atoms with E-state index in [0.29, 0.717) is 13.2 Å². The topological polar surface area (TPSA) is 44.8 Å². The largest absolute Gasteiger partial charge is 0.448 e. The van der Waals surface area contributed by atoms with Crippen molar-refractivity contribution in [3.05, 3.63) is 89.5 Å². The van der Waals surface area contributed by atoms with Crippen LogP contribution in [0.5, 0.6) is 0 Å². The molecule has 1 aliphatic heterocycles. The molecule has 0 spiro atoms. The third-order valence-electron chi connectivity index (χ3n) is 7.13. The van der Waals surface area contributed by atoms with Crippen molar-refractivity contribution >= 4 is 11.8 Å². The van der Waals surface area contributed by atoms with Crippen LogP contribution < -0.4 is 10.2 Å². The van der Waals surface area contributed by atoms with Crippen LogP contribution in [0, 0.1) is 0 Å². The molecule has 0 bridgehead atoms. The van der Waals surface area contributed by atoms with Gasteiger partial charge in [0, 0.05) is 38.3 Å². The van der Waals surface area contributed by atoms with E-state index in [-0.39, 0.29) is 18.1 Å². The van der Waals surface area contributed by atoms with Crippen LogP contribution in [0.2, 0.25) is 0 Å². The molecular weight excluding hydrogens is 422 g/mol. The van der Waals surface area contributed by atoms with E-state index >= 15 is 0 Å². The number of hydrogen-bond donors (Lipinski definition) is 1. The number of amides is 1. The van der Waals surface area contributed by atoms with E-state index in [1.807, 2.05) is 19.0 Å². The Hall–Kier alpha value is -3.31. The van der Waals surface area contributed by atoms with Gasteiger partial charge in [0.25, 0.3) is 0 Å². The molecule has 0 saturated carbocycles. The fourth-order valence-electron chi connectivity index (χ4n) is 5.23. The Kier molecular flexibility index (Phi) is 6.54. The Morgan fingerprint density at radius 1 is 0.882 bits per heavy atom. The maximum Gasteiger partial charge on any atom is 0.410 e. The van der Waals surface area contributed by atoms with E-state index in [9.17, 15) is 4.79 Å². The summed E-state index contributed by atoms with van der Waals surface area (Å²) >= 11 is 0. The average Bonchev–Trinajstić information content (AvgIpc) is 3.20. The van der Waals surface area contributed by atoms with Crippen LogP contribution in [0.25, 0.3) is 11.1 Å². The summed E-state index contributed by atoms with van der Waals surface area (Å²) in [6, 6.07) is 25.5. The highest BCUT2D eigenvalue weighted by Gasteiger charge is 2.31. The summed E-state index contributed by atoms with van der Waals surface area (Å²) < 4.78 is 6.05. The first kappa shape index (κ1) is 22.5. The number of fused-ring (bicyclic) bond motifs is 3. The minimum absolute atomic E-state index is 0.0746. The van der Waals surface area contributed by atoms with Gasteiger partial charge in [0.05, 0.1) is 0 Å². The maximum atomic E-state index is 13.5. The molecular formula is C29H33N3O2. The number of rotatable bonds is 6. The van der Waals surface area contributed by atoms with Gasteiger partial charge in [0.2, 0.25) is 0 Å². The van der Waals surface area contributed by atoms with E-state index in [2.05, 4.69) is 83.0 Å². The normalized spacial score (nSPS) is 15.5. The molecule has 34 heavy (non-hydrogen) atoms. The van der Waals surface area contributed by atoms with Crippen molar-refractivity contribution in [2.45, 2.75) is 31.3 Å². The minimum Gasteiger partial charge on any atom is -0.448 e. The number of benzene rings is 3. The first-order valence-electron chi connectivity index (χ1n) is 12.2. The summed E-state index contributed by atoms with van der Waals surface area (Å²) in [6.45, 7) is 2.78. The Labute approximate surface area is 202 Å². The number of anilines is 1. The van der Waals surface area contributed by atoms with Crippen molar-refractivity contribution in [1.82, 2.24) is 10.2 Å². The standard InChI is InChI=1S/C29H33N3O2/c1-31(2)22-13-11-21(12-14-22)19-32(23-15-17-30-18-16-23)29(33)34-20-28-26-9-5-3-7-24(26)25-8-4-6-10-27(25)28/h3-14,23,28,30H,15-20H2,1-2H3. The van der Waals surface area contributed by atoms with Gasteiger partial charge in [-0.2, -0.15) is 0 Å². The highest BCUT2D eigenvalue weighted by molar-refractivity contribution is 5.79. The SMILES string of the molecule is CN(C)c1ccc(CN(C(=O)OCC2c3ccccc3-c3ccccc32)C2CCNCC2)cc1. The van der Waals surface area contributed by atoms with Crippen molar-refractivity contribution in [1.29, 1.82) is 0 Å². The molecule has 0 unspecified atom stereocenters. The van der Waals surface area contributed by atoms with Gasteiger partial charge >= 0.3 is 6.09 Å². The summed E-state index contributed by atoms with van der Waals surface area (Å²) in [5.41, 5.74) is 7.25. The summed E-state index contributed by atoms with van der Waals surface area (Å²) in [5, 5.41) is 3.41. The molecule has 3 aromatic carbocycles. The van der Waals surface area contributed by atoms with Gasteiger partial charge in [0.1, 0.15) is 6.61 Å². The first-order chi connectivity index (χ1) is 16.6. The molecule has 3 aromatic rings. The Balaban J connectivity index is 1.34. The third kappa shape index (κ3) is 4.53. The highest BCUT2D eigenvalue weighted by Crippen LogP contribution is 2.44. The van der Waals surface area contributed by atoms with Gasteiger partial charge in [-0.3, -0.25) is 0 Å². The molecule has 0 atom stereocenters. The molecule has 1 saturated heterocycles. The van der Waals surface area contributed by atoms with Gasteiger partial charge in [0.15, 0.2) is 0 Å². The molecule has 1 amide bonds. The molecule has 1 aliphatic carbocycles. The number of hydrogen-bond acceptors (Lipinski definition) is 4. The monoisotopic (exact) mass is 455 g/mol. The molecule has 5 nitrogen and oxygen atoms in total. The smallest absolute Gasteiger partial charge is 0.410 e. The second-order valence-corrected chi connectivity index (χ2v) is 9.47. The predicted molar refractivity (Wildman–Crippen MR) is 137 cm³/mol. The molecule has 0 aromatic heterocycles. The van der Waals surface area contributed by atoms with Gasteiger partial charge < -0.3 is 19.9 Å². The molecule has 5 heteroatoms. The Bertz CT molecular complexity index is 1090. The van der Waals surface area contributed by atoms with Crippen LogP contribution in [0.4, 0.5) is 10.5 Å². The fraction of sp³-hybridized carbons (Fsp3) is 0.345. The lowest BCUT2D eigenvalue weighted by Gasteiger charge is -2.34. The highest BCUT2D eigenvalue weighted by atomic mass is 16.6. The predicted octanol–water partition coefficient (Wildman–Crippen LogP) is 5.26. The van der Waals surface area contributed by atoms with Crippen molar-refractivity contribution < 1.29 is 9.53 Å². The molecule has 2 aliphatic rings. The Morgan fingerprint density at radius 2 is 1.47 bits per heavy atom. The van der Waals surface area contributed by atoms with Crippen LogP contribution in [0.15, 0.2) is 72.8 Å². The van der Waals surface area contributed by atoms with Crippen molar-refractivity contribution in [2.24, 2.45) is 0 Å². The van der Waals surface area contributed by atoms with E-state index in [4.69, 9.17) is 4.74 Å². The molecule has 0 radical (unpaired) electrons. The Morgan fingerprint density at radius 3 is 2.06 bits per heavy atom. The minimum atomic E-state index is -0.217. The van der Waals surface area contributed by atoms with Gasteiger partial charge in [-0.15, -0.1) is 0 Å². The van der Waals surface area contributed by atoms with Crippen LogP contribution >= 0.6 is 0 Å². The number of ether oxygens (including phenoxy) is 1. The second kappa shape index (κ2) is 9.90. The first-order valence-corrected chi connectivity index (χ1v) is 12.2. The lowest BCUT2D eigenvalue weighted by molar-refractivity contribution is 0.0731. The molecule has 1 N–H and O–H groups in total. The van der Waals surface area contributed by atoms with E-state index < -0.39 is 0 Å². The van der Waals surface area contributed by atoms with Gasteiger partial charge in [-0.25, -0.2) is 4.79 Å². The zero-order valence-electron chi connectivity index (χ0n) is 20.0. The molecule has 1 fully saturated rings. The number of piperidine rings is 1. The van der Waals surface area contributed by atoms with Gasteiger partial charge in [-0.1, -0.05) is 60.7 Å². The van der Waals surface area contributed by atoms with E-state index in [1.54, 1.807) is 0 Å². The fourth-order valence-corrected chi connectivity index (χ4v) is 5.23. The number of carbonyl (C=O) groups excluding carboxylic acids is 1. The lowest BCUT2D eigenvalue weighted by Crippen LogP contribution is -2.46. The van der Waals surface area contributed by atoms with Gasteiger partial charge in [-0.05, 0) is 65.9 Å². The second-order valence-electron chi connectivity index (χ2n) is 9.47. The van der Waals surface area contributed by atoms with E-state index in [1.165, 1.54) is 22.3 Å². The van der Waals surface area contributed by atoms with Crippen molar-refractivity contribution in [3.63, 3.8) is 0 Å². The summed E-state index contributed by atoms with van der Waals surface area (Å²) in [5.74, 6) is 0.0746. The summed E-state index contributed by atoms with van der Waals surface area (Å²) in [4.78, 5) is 17.5. The van der Waals surface area contributed by atoms with Crippen LogP contribution in [-0.2, 0) is 11.3 Å². The molecule has 5 rings (SSSR count). The number of nitrogens with one attached hydrogen (secondary N) is 1. The summed E-state index contributed by atoms with van der Waals surface area (Å²) in [7, 11) is 4.07. The summed E-state index contributed by atoms with van der Waals surface area (Å²) in [6.07, 6.45) is 1.67. The zero-order chi connectivity index (χ0) is 23.5. The van der Waals surface area contributed by atoms with Crippen LogP contribution in [0.3, 0.4) is 0 Å². The van der Waals surface area contributed by atoms with Crippen LogP contribution in [-0.4, -0.2) is 50.8 Å². The van der Waals surface area contributed by atoms with Crippen molar-refractivity contribution in [2.75, 3.05) is 38.7 Å². The molecule has 176 valence electrons.